The van der Waals surface area contributed by atoms with E-state index in [1.54, 1.807) is 12.1 Å². The number of aliphatic hydroxyl groups is 1. The van der Waals surface area contributed by atoms with Gasteiger partial charge in [0.1, 0.15) is 11.4 Å². The molecule has 0 saturated carbocycles. The highest BCUT2D eigenvalue weighted by atomic mass is 19.1. The molecule has 27 heavy (non-hydrogen) atoms. The van der Waals surface area contributed by atoms with Crippen LogP contribution in [0.1, 0.15) is 37.0 Å². The van der Waals surface area contributed by atoms with Crippen molar-refractivity contribution in [2.75, 3.05) is 6.61 Å². The highest BCUT2D eigenvalue weighted by Gasteiger charge is 2.33. The molecule has 5 heteroatoms. The molecule has 0 saturated heterocycles. The van der Waals surface area contributed by atoms with Crippen LogP contribution >= 0.6 is 0 Å². The van der Waals surface area contributed by atoms with E-state index in [0.717, 1.165) is 11.1 Å². The maximum Gasteiger partial charge on any atom is 0.405 e. The normalized spacial score (nSPS) is 12.6. The summed E-state index contributed by atoms with van der Waals surface area (Å²) >= 11 is 0. The molecule has 3 N–H and O–H groups in total. The molecule has 1 amide bonds. The summed E-state index contributed by atoms with van der Waals surface area (Å²) in [6.45, 7) is 3.79. The number of amides is 1. The molecule has 0 spiro atoms. The van der Waals surface area contributed by atoms with Crippen LogP contribution in [0.15, 0.2) is 48.5 Å². The van der Waals surface area contributed by atoms with Crippen LogP contribution in [-0.4, -0.2) is 23.4 Å². The van der Waals surface area contributed by atoms with Crippen molar-refractivity contribution in [1.82, 2.24) is 0 Å². The molecule has 0 bridgehead atoms. The Morgan fingerprint density at radius 3 is 2.33 bits per heavy atom. The van der Waals surface area contributed by atoms with Gasteiger partial charge in [-0.25, -0.2) is 9.18 Å². The third kappa shape index (κ3) is 6.36. The van der Waals surface area contributed by atoms with Crippen molar-refractivity contribution in [3.05, 3.63) is 71.0 Å². The van der Waals surface area contributed by atoms with Crippen molar-refractivity contribution in [2.24, 2.45) is 11.7 Å². The number of nitrogens with two attached hydrogens (primary N) is 1. The highest BCUT2D eigenvalue weighted by Crippen LogP contribution is 2.30. The molecule has 0 heterocycles. The molecule has 2 rings (SSSR count). The number of halogens is 1. The van der Waals surface area contributed by atoms with Crippen LogP contribution < -0.4 is 5.73 Å². The zero-order chi connectivity index (χ0) is 19.9. The Bertz CT molecular complexity index is 743. The quantitative estimate of drug-likeness (QED) is 0.697. The first-order valence-electron chi connectivity index (χ1n) is 9.22. The highest BCUT2D eigenvalue weighted by molar-refractivity contribution is 5.65. The molecule has 0 aliphatic rings. The molecule has 0 aliphatic carbocycles. The number of aliphatic hydroxyl groups excluding tert-OH is 1. The molecule has 0 fully saturated rings. The molecule has 0 aromatic heterocycles. The number of benzene rings is 2. The van der Waals surface area contributed by atoms with E-state index in [1.165, 1.54) is 6.07 Å². The zero-order valence-electron chi connectivity index (χ0n) is 16.0. The first-order valence-corrected chi connectivity index (χ1v) is 9.22. The molecule has 2 aromatic rings. The Kier molecular flexibility index (Phi) is 7.36. The third-order valence-electron chi connectivity index (χ3n) is 4.97. The Morgan fingerprint density at radius 2 is 1.74 bits per heavy atom. The lowest BCUT2D eigenvalue weighted by Crippen LogP contribution is -2.40. The van der Waals surface area contributed by atoms with Crippen LogP contribution in [0.3, 0.4) is 0 Å². The Hall–Kier alpha value is -2.40. The van der Waals surface area contributed by atoms with Crippen LogP contribution in [0, 0.1) is 11.7 Å². The van der Waals surface area contributed by atoms with E-state index in [1.807, 2.05) is 44.2 Å². The van der Waals surface area contributed by atoms with Crippen molar-refractivity contribution < 1.29 is 19.0 Å². The van der Waals surface area contributed by atoms with Gasteiger partial charge < -0.3 is 15.6 Å². The molecular formula is C22H28FNO3. The van der Waals surface area contributed by atoms with Crippen molar-refractivity contribution in [1.29, 1.82) is 0 Å². The van der Waals surface area contributed by atoms with Crippen molar-refractivity contribution >= 4 is 6.09 Å². The summed E-state index contributed by atoms with van der Waals surface area (Å²) in [6, 6.07) is 14.7. The maximum atomic E-state index is 14.0. The van der Waals surface area contributed by atoms with Crippen LogP contribution in [0.5, 0.6) is 0 Å². The Labute approximate surface area is 160 Å². The molecular weight excluding hydrogens is 345 g/mol. The second-order valence-electron chi connectivity index (χ2n) is 7.35. The predicted molar refractivity (Wildman–Crippen MR) is 104 cm³/mol. The fraction of sp³-hybridized carbons (Fsp3) is 0.409. The minimum Gasteiger partial charge on any atom is -0.443 e. The molecule has 0 aliphatic heterocycles. The van der Waals surface area contributed by atoms with Crippen molar-refractivity contribution in [2.45, 2.75) is 45.1 Å². The SMILES string of the molecule is CC(C)(OC(N)=O)C(CCc1ccccc1F)Cc1ccc(CCO)cc1. The van der Waals surface area contributed by atoms with E-state index < -0.39 is 11.7 Å². The van der Waals surface area contributed by atoms with Gasteiger partial charge in [-0.2, -0.15) is 0 Å². The van der Waals surface area contributed by atoms with Crippen LogP contribution in [-0.2, 0) is 24.0 Å². The zero-order valence-corrected chi connectivity index (χ0v) is 16.0. The van der Waals surface area contributed by atoms with Crippen LogP contribution in [0.4, 0.5) is 9.18 Å². The van der Waals surface area contributed by atoms with Gasteiger partial charge in [-0.1, -0.05) is 42.5 Å². The smallest absolute Gasteiger partial charge is 0.405 e. The lowest BCUT2D eigenvalue weighted by atomic mass is 9.81. The lowest BCUT2D eigenvalue weighted by molar-refractivity contribution is -0.00431. The van der Waals surface area contributed by atoms with Gasteiger partial charge in [0.15, 0.2) is 0 Å². The van der Waals surface area contributed by atoms with E-state index in [2.05, 4.69) is 0 Å². The van der Waals surface area contributed by atoms with Gasteiger partial charge in [-0.05, 0) is 62.3 Å². The topological polar surface area (TPSA) is 72.5 Å². The van der Waals surface area contributed by atoms with Crippen LogP contribution in [0.25, 0.3) is 0 Å². The van der Waals surface area contributed by atoms with Gasteiger partial charge in [-0.3, -0.25) is 0 Å². The van der Waals surface area contributed by atoms with Gasteiger partial charge >= 0.3 is 6.09 Å². The molecule has 1 unspecified atom stereocenters. The molecule has 146 valence electrons. The number of carbonyl (C=O) groups is 1. The number of aryl methyl sites for hydroxylation is 1. The van der Waals surface area contributed by atoms with Crippen molar-refractivity contribution in [3.63, 3.8) is 0 Å². The fourth-order valence-corrected chi connectivity index (χ4v) is 3.32. The summed E-state index contributed by atoms with van der Waals surface area (Å²) in [5.74, 6) is -0.258. The number of rotatable bonds is 9. The van der Waals surface area contributed by atoms with Crippen molar-refractivity contribution in [3.8, 4) is 0 Å². The predicted octanol–water partition coefficient (Wildman–Crippen LogP) is 4.03. The Morgan fingerprint density at radius 1 is 1.11 bits per heavy atom. The number of ether oxygens (including phenoxy) is 1. The summed E-state index contributed by atoms with van der Waals surface area (Å²) < 4.78 is 19.3. The van der Waals surface area contributed by atoms with Gasteiger partial charge in [0.25, 0.3) is 0 Å². The van der Waals surface area contributed by atoms with Gasteiger partial charge in [0.05, 0.1) is 0 Å². The molecule has 1 atom stereocenters. The summed E-state index contributed by atoms with van der Waals surface area (Å²) in [5.41, 5.74) is 7.28. The first kappa shape index (κ1) is 20.9. The summed E-state index contributed by atoms with van der Waals surface area (Å²) in [6.07, 6.45) is 1.68. The lowest BCUT2D eigenvalue weighted by Gasteiger charge is -2.34. The standard InChI is InChI=1S/C22H28FNO3/c1-22(2,27-21(24)26)19(12-11-18-5-3-4-6-20(18)23)15-17-9-7-16(8-10-17)13-14-25/h3-10,19,25H,11-15H2,1-2H3,(H2,24,26). The average Bonchev–Trinajstić information content (AvgIpc) is 2.60. The second-order valence-corrected chi connectivity index (χ2v) is 7.35. The summed E-state index contributed by atoms with van der Waals surface area (Å²) in [4.78, 5) is 11.3. The second kappa shape index (κ2) is 9.51. The third-order valence-corrected chi connectivity index (χ3v) is 4.97. The minimum atomic E-state index is -0.811. The van der Waals surface area contributed by atoms with Gasteiger partial charge in [0.2, 0.25) is 0 Å². The minimum absolute atomic E-state index is 0.0340. The maximum absolute atomic E-state index is 14.0. The largest absolute Gasteiger partial charge is 0.443 e. The Balaban J connectivity index is 2.16. The van der Waals surface area contributed by atoms with E-state index in [9.17, 15) is 9.18 Å². The van der Waals surface area contributed by atoms with E-state index in [4.69, 9.17) is 15.6 Å². The number of hydrogen-bond acceptors (Lipinski definition) is 3. The van der Waals surface area contributed by atoms with Crippen LogP contribution in [0.2, 0.25) is 0 Å². The van der Waals surface area contributed by atoms with Gasteiger partial charge in [-0.15, -0.1) is 0 Å². The van der Waals surface area contributed by atoms with E-state index in [0.29, 0.717) is 31.2 Å². The number of carbonyl (C=O) groups excluding carboxylic acids is 1. The average molecular weight is 373 g/mol. The molecule has 0 radical (unpaired) electrons. The molecule has 4 nitrogen and oxygen atoms in total. The first-order chi connectivity index (χ1) is 12.8. The summed E-state index contributed by atoms with van der Waals surface area (Å²) in [5, 5.41) is 9.03. The molecule has 2 aromatic carbocycles. The van der Waals surface area contributed by atoms with Gasteiger partial charge in [0, 0.05) is 12.5 Å². The monoisotopic (exact) mass is 373 g/mol. The van der Waals surface area contributed by atoms with E-state index in [-0.39, 0.29) is 18.3 Å². The summed E-state index contributed by atoms with van der Waals surface area (Å²) in [7, 11) is 0. The number of primary amides is 1. The van der Waals surface area contributed by atoms with E-state index >= 15 is 0 Å². The fourth-order valence-electron chi connectivity index (χ4n) is 3.32. The number of hydrogen-bond donors (Lipinski definition) is 2.